The standard InChI is InChI=1S/C13H13FN2O2/c1-3-18-13(17)9-6-16-11-5-10(14)7(2)4-8(11)12(9)15/h4-6H,3H2,1-2H3,(H2,15,16). The molecule has 0 bridgehead atoms. The Morgan fingerprint density at radius 3 is 2.89 bits per heavy atom. The maximum absolute atomic E-state index is 13.4. The van der Waals surface area contributed by atoms with Crippen LogP contribution in [0.3, 0.4) is 0 Å². The molecule has 0 saturated heterocycles. The SMILES string of the molecule is CCOC(=O)c1cnc2cc(F)c(C)cc2c1N. The van der Waals surface area contributed by atoms with Gasteiger partial charge in [-0.3, -0.25) is 4.98 Å². The number of carbonyl (C=O) groups excluding carboxylic acids is 1. The zero-order valence-electron chi connectivity index (χ0n) is 10.2. The predicted octanol–water partition coefficient (Wildman–Crippen LogP) is 2.44. The van der Waals surface area contributed by atoms with Gasteiger partial charge >= 0.3 is 5.97 Å². The summed E-state index contributed by atoms with van der Waals surface area (Å²) in [5.74, 6) is -0.871. The molecule has 1 heterocycles. The van der Waals surface area contributed by atoms with Crippen molar-refractivity contribution in [2.75, 3.05) is 12.3 Å². The summed E-state index contributed by atoms with van der Waals surface area (Å²) in [6.45, 7) is 3.60. The number of benzene rings is 1. The number of aromatic nitrogens is 1. The van der Waals surface area contributed by atoms with Gasteiger partial charge < -0.3 is 10.5 Å². The number of hydrogen-bond donors (Lipinski definition) is 1. The van der Waals surface area contributed by atoms with Crippen molar-refractivity contribution in [3.05, 3.63) is 35.3 Å². The highest BCUT2D eigenvalue weighted by Crippen LogP contribution is 2.25. The largest absolute Gasteiger partial charge is 0.462 e. The van der Waals surface area contributed by atoms with Crippen LogP contribution >= 0.6 is 0 Å². The van der Waals surface area contributed by atoms with Gasteiger partial charge in [0.25, 0.3) is 0 Å². The van der Waals surface area contributed by atoms with Crippen molar-refractivity contribution in [3.63, 3.8) is 0 Å². The third kappa shape index (κ3) is 1.99. The van der Waals surface area contributed by atoms with Crippen LogP contribution in [0.25, 0.3) is 10.9 Å². The summed E-state index contributed by atoms with van der Waals surface area (Å²) in [6, 6.07) is 2.88. The van der Waals surface area contributed by atoms with Crippen molar-refractivity contribution in [3.8, 4) is 0 Å². The highest BCUT2D eigenvalue weighted by molar-refractivity contribution is 6.04. The Balaban J connectivity index is 2.63. The monoisotopic (exact) mass is 248 g/mol. The molecule has 0 saturated carbocycles. The van der Waals surface area contributed by atoms with Gasteiger partial charge in [-0.25, -0.2) is 9.18 Å². The van der Waals surface area contributed by atoms with Gasteiger partial charge in [-0.05, 0) is 25.5 Å². The van der Waals surface area contributed by atoms with E-state index in [0.29, 0.717) is 16.5 Å². The van der Waals surface area contributed by atoms with E-state index in [2.05, 4.69) is 4.98 Å². The van der Waals surface area contributed by atoms with Gasteiger partial charge in [-0.1, -0.05) is 0 Å². The molecule has 1 aromatic heterocycles. The summed E-state index contributed by atoms with van der Waals surface area (Å²) < 4.78 is 18.3. The number of nitrogen functional groups attached to an aromatic ring is 1. The molecule has 0 aliphatic heterocycles. The molecule has 0 spiro atoms. The average Bonchev–Trinajstić information content (AvgIpc) is 2.32. The maximum atomic E-state index is 13.4. The van der Waals surface area contributed by atoms with E-state index in [4.69, 9.17) is 10.5 Å². The molecule has 2 aromatic rings. The summed E-state index contributed by atoms with van der Waals surface area (Å²) in [6.07, 6.45) is 1.31. The van der Waals surface area contributed by atoms with Crippen LogP contribution < -0.4 is 5.73 Å². The van der Waals surface area contributed by atoms with Gasteiger partial charge in [-0.2, -0.15) is 0 Å². The molecule has 0 aliphatic carbocycles. The lowest BCUT2D eigenvalue weighted by Gasteiger charge is -2.08. The smallest absolute Gasteiger partial charge is 0.341 e. The number of fused-ring (bicyclic) bond motifs is 1. The Morgan fingerprint density at radius 1 is 1.50 bits per heavy atom. The van der Waals surface area contributed by atoms with Gasteiger partial charge in [-0.15, -0.1) is 0 Å². The van der Waals surface area contributed by atoms with Gasteiger partial charge in [0.2, 0.25) is 0 Å². The van der Waals surface area contributed by atoms with Crippen LogP contribution in [0.1, 0.15) is 22.8 Å². The van der Waals surface area contributed by atoms with Gasteiger partial charge in [0.15, 0.2) is 0 Å². The first-order valence-corrected chi connectivity index (χ1v) is 5.56. The number of esters is 1. The number of nitrogens with two attached hydrogens (primary N) is 1. The number of nitrogens with zero attached hydrogens (tertiary/aromatic N) is 1. The Morgan fingerprint density at radius 2 is 2.22 bits per heavy atom. The fourth-order valence-electron chi connectivity index (χ4n) is 1.71. The van der Waals surface area contributed by atoms with Crippen molar-refractivity contribution < 1.29 is 13.9 Å². The first-order chi connectivity index (χ1) is 8.54. The van der Waals surface area contributed by atoms with Crippen LogP contribution in [-0.2, 0) is 4.74 Å². The van der Waals surface area contributed by atoms with Crippen molar-refractivity contribution in [1.29, 1.82) is 0 Å². The van der Waals surface area contributed by atoms with Crippen LogP contribution in [0, 0.1) is 12.7 Å². The molecule has 0 fully saturated rings. The van der Waals surface area contributed by atoms with Gasteiger partial charge in [0.05, 0.1) is 17.8 Å². The average molecular weight is 248 g/mol. The van der Waals surface area contributed by atoms with E-state index >= 15 is 0 Å². The Bertz CT molecular complexity index is 626. The number of aryl methyl sites for hydroxylation is 1. The number of halogens is 1. The normalized spacial score (nSPS) is 10.6. The lowest BCUT2D eigenvalue weighted by molar-refractivity contribution is 0.0527. The molecule has 94 valence electrons. The second-order valence-electron chi connectivity index (χ2n) is 3.92. The van der Waals surface area contributed by atoms with Crippen LogP contribution in [0.4, 0.5) is 10.1 Å². The summed E-state index contributed by atoms with van der Waals surface area (Å²) in [7, 11) is 0. The van der Waals surface area contributed by atoms with Crippen molar-refractivity contribution >= 4 is 22.6 Å². The van der Waals surface area contributed by atoms with E-state index in [1.807, 2.05) is 0 Å². The van der Waals surface area contributed by atoms with Crippen LogP contribution in [0.5, 0.6) is 0 Å². The number of hydrogen-bond acceptors (Lipinski definition) is 4. The summed E-state index contributed by atoms with van der Waals surface area (Å²) in [5, 5.41) is 0.555. The topological polar surface area (TPSA) is 65.2 Å². The minimum absolute atomic E-state index is 0.204. The zero-order valence-corrected chi connectivity index (χ0v) is 10.2. The quantitative estimate of drug-likeness (QED) is 0.829. The molecule has 0 amide bonds. The molecule has 4 nitrogen and oxygen atoms in total. The van der Waals surface area contributed by atoms with Crippen LogP contribution in [-0.4, -0.2) is 17.6 Å². The second kappa shape index (κ2) is 4.60. The third-order valence-electron chi connectivity index (χ3n) is 2.69. The van der Waals surface area contributed by atoms with Crippen LogP contribution in [0.15, 0.2) is 18.3 Å². The van der Waals surface area contributed by atoms with E-state index in [-0.39, 0.29) is 23.7 Å². The van der Waals surface area contributed by atoms with E-state index < -0.39 is 5.97 Å². The molecular weight excluding hydrogens is 235 g/mol. The second-order valence-corrected chi connectivity index (χ2v) is 3.92. The van der Waals surface area contributed by atoms with Gasteiger partial charge in [0.1, 0.15) is 11.4 Å². The van der Waals surface area contributed by atoms with Crippen LogP contribution in [0.2, 0.25) is 0 Å². The van der Waals surface area contributed by atoms with E-state index in [1.165, 1.54) is 12.3 Å². The van der Waals surface area contributed by atoms with E-state index in [1.54, 1.807) is 19.9 Å². The first-order valence-electron chi connectivity index (χ1n) is 5.56. The molecule has 0 aliphatic rings. The molecule has 0 atom stereocenters. The molecule has 18 heavy (non-hydrogen) atoms. The minimum Gasteiger partial charge on any atom is -0.462 e. The fraction of sp³-hybridized carbons (Fsp3) is 0.231. The lowest BCUT2D eigenvalue weighted by Crippen LogP contribution is -2.09. The molecule has 2 N–H and O–H groups in total. The van der Waals surface area contributed by atoms with Crippen molar-refractivity contribution in [2.45, 2.75) is 13.8 Å². The molecular formula is C13H13FN2O2. The Labute approximate surface area is 104 Å². The first kappa shape index (κ1) is 12.3. The number of rotatable bonds is 2. The molecule has 1 aromatic carbocycles. The molecule has 2 rings (SSSR count). The number of anilines is 1. The highest BCUT2D eigenvalue weighted by atomic mass is 19.1. The van der Waals surface area contributed by atoms with Gasteiger partial charge in [0, 0.05) is 17.6 Å². The lowest BCUT2D eigenvalue weighted by atomic mass is 10.1. The molecule has 5 heteroatoms. The Hall–Kier alpha value is -2.17. The van der Waals surface area contributed by atoms with E-state index in [0.717, 1.165) is 0 Å². The van der Waals surface area contributed by atoms with Crippen molar-refractivity contribution in [2.24, 2.45) is 0 Å². The van der Waals surface area contributed by atoms with E-state index in [9.17, 15) is 9.18 Å². The Kier molecular flexibility index (Phi) is 3.14. The summed E-state index contributed by atoms with van der Waals surface area (Å²) in [4.78, 5) is 15.7. The molecule has 0 radical (unpaired) electrons. The fourth-order valence-corrected chi connectivity index (χ4v) is 1.71. The third-order valence-corrected chi connectivity index (χ3v) is 2.69. The maximum Gasteiger partial charge on any atom is 0.341 e. The minimum atomic E-state index is -0.522. The predicted molar refractivity (Wildman–Crippen MR) is 66.8 cm³/mol. The number of carbonyl (C=O) groups is 1. The summed E-state index contributed by atoms with van der Waals surface area (Å²) >= 11 is 0. The number of ether oxygens (including phenoxy) is 1. The van der Waals surface area contributed by atoms with Crippen molar-refractivity contribution in [1.82, 2.24) is 4.98 Å². The summed E-state index contributed by atoms with van der Waals surface area (Å²) in [5.41, 5.74) is 7.25. The number of pyridine rings is 1. The zero-order chi connectivity index (χ0) is 13.3. The molecule has 0 unspecified atom stereocenters. The highest BCUT2D eigenvalue weighted by Gasteiger charge is 2.15.